The van der Waals surface area contributed by atoms with Crippen LogP contribution in [0.2, 0.25) is 0 Å². The van der Waals surface area contributed by atoms with Crippen molar-refractivity contribution >= 4 is 5.91 Å². The van der Waals surface area contributed by atoms with Crippen LogP contribution >= 0.6 is 0 Å². The molecule has 0 N–H and O–H groups in total. The fraction of sp³-hybridized carbons (Fsp3) is 0.917. The summed E-state index contributed by atoms with van der Waals surface area (Å²) in [6, 6.07) is 0. The molecule has 0 radical (unpaired) electrons. The zero-order valence-corrected chi connectivity index (χ0v) is 9.99. The van der Waals surface area contributed by atoms with Gasteiger partial charge in [-0.15, -0.1) is 0 Å². The van der Waals surface area contributed by atoms with E-state index in [1.807, 2.05) is 4.90 Å². The molecule has 0 aromatic heterocycles. The van der Waals surface area contributed by atoms with Gasteiger partial charge >= 0.3 is 0 Å². The molecule has 3 nitrogen and oxygen atoms in total. The number of amides is 1. The van der Waals surface area contributed by atoms with Crippen LogP contribution in [0.4, 0.5) is 4.39 Å². The van der Waals surface area contributed by atoms with Gasteiger partial charge in [0.15, 0.2) is 0 Å². The molecule has 2 rings (SSSR count). The predicted octanol–water partition coefficient (Wildman–Crippen LogP) is 1.29. The van der Waals surface area contributed by atoms with E-state index < -0.39 is 6.17 Å². The topological polar surface area (TPSA) is 23.6 Å². The number of alkyl halides is 1. The molecule has 16 heavy (non-hydrogen) atoms. The van der Waals surface area contributed by atoms with Gasteiger partial charge in [0.2, 0.25) is 5.91 Å². The summed E-state index contributed by atoms with van der Waals surface area (Å²) in [5.74, 6) is 0.141. The van der Waals surface area contributed by atoms with Gasteiger partial charge in [0.1, 0.15) is 6.17 Å². The van der Waals surface area contributed by atoms with Gasteiger partial charge in [-0.25, -0.2) is 4.39 Å². The van der Waals surface area contributed by atoms with Crippen LogP contribution in [0, 0.1) is 5.92 Å². The molecule has 2 atom stereocenters. The summed E-state index contributed by atoms with van der Waals surface area (Å²) >= 11 is 0. The Morgan fingerprint density at radius 2 is 1.88 bits per heavy atom. The number of hydrogen-bond donors (Lipinski definition) is 0. The first-order valence-electron chi connectivity index (χ1n) is 6.28. The number of hydrogen-bond acceptors (Lipinski definition) is 2. The minimum Gasteiger partial charge on any atom is -0.340 e. The van der Waals surface area contributed by atoms with Crippen LogP contribution in [0.15, 0.2) is 0 Å². The lowest BCUT2D eigenvalue weighted by atomic mass is 9.87. The molecular formula is C12H21FN2O. The highest BCUT2D eigenvalue weighted by Gasteiger charge is 2.31. The largest absolute Gasteiger partial charge is 0.340 e. The van der Waals surface area contributed by atoms with E-state index in [2.05, 4.69) is 11.9 Å². The molecule has 0 aromatic rings. The normalized spacial score (nSPS) is 32.8. The second-order valence-corrected chi connectivity index (χ2v) is 5.09. The van der Waals surface area contributed by atoms with Crippen molar-refractivity contribution in [3.8, 4) is 0 Å². The molecule has 4 heteroatoms. The molecule has 1 heterocycles. The summed E-state index contributed by atoms with van der Waals surface area (Å²) in [6.07, 6.45) is 2.09. The molecule has 1 saturated heterocycles. The first kappa shape index (κ1) is 11.8. The quantitative estimate of drug-likeness (QED) is 0.675. The number of piperazine rings is 1. The molecule has 1 aliphatic heterocycles. The maximum atomic E-state index is 13.2. The Labute approximate surface area is 96.6 Å². The van der Waals surface area contributed by atoms with Crippen molar-refractivity contribution in [2.75, 3.05) is 33.2 Å². The van der Waals surface area contributed by atoms with E-state index in [1.165, 1.54) is 0 Å². The number of nitrogens with zero attached hydrogens (tertiary/aromatic N) is 2. The van der Waals surface area contributed by atoms with Crippen molar-refractivity contribution in [3.63, 3.8) is 0 Å². The Kier molecular flexibility index (Phi) is 3.79. The number of likely N-dealkylation sites (N-methyl/N-ethyl adjacent to an activating group) is 1. The van der Waals surface area contributed by atoms with Gasteiger partial charge in [0.05, 0.1) is 0 Å². The molecule has 0 spiro atoms. The fourth-order valence-electron chi connectivity index (χ4n) is 2.64. The molecule has 0 bridgehead atoms. The Bertz CT molecular complexity index is 251. The van der Waals surface area contributed by atoms with Crippen LogP contribution in [0.5, 0.6) is 0 Å². The zero-order valence-electron chi connectivity index (χ0n) is 9.99. The van der Waals surface area contributed by atoms with Crippen LogP contribution in [-0.2, 0) is 4.79 Å². The van der Waals surface area contributed by atoms with Gasteiger partial charge in [-0.1, -0.05) is 0 Å². The van der Waals surface area contributed by atoms with Gasteiger partial charge in [-0.05, 0) is 32.7 Å². The summed E-state index contributed by atoms with van der Waals surface area (Å²) in [4.78, 5) is 16.3. The first-order chi connectivity index (χ1) is 7.66. The monoisotopic (exact) mass is 228 g/mol. The summed E-state index contributed by atoms with van der Waals surface area (Å²) < 4.78 is 13.2. The molecule has 1 aliphatic carbocycles. The Morgan fingerprint density at radius 1 is 1.19 bits per heavy atom. The van der Waals surface area contributed by atoms with Crippen LogP contribution < -0.4 is 0 Å². The molecule has 2 fully saturated rings. The third kappa shape index (κ3) is 2.73. The van der Waals surface area contributed by atoms with Crippen molar-refractivity contribution in [2.24, 2.45) is 5.92 Å². The Hall–Kier alpha value is -0.640. The maximum absolute atomic E-state index is 13.2. The molecule has 1 saturated carbocycles. The van der Waals surface area contributed by atoms with E-state index in [-0.39, 0.29) is 11.8 Å². The summed E-state index contributed by atoms with van der Waals surface area (Å²) in [6.45, 7) is 3.50. The van der Waals surface area contributed by atoms with Crippen molar-refractivity contribution in [1.82, 2.24) is 9.80 Å². The third-order valence-corrected chi connectivity index (χ3v) is 3.77. The van der Waals surface area contributed by atoms with Crippen molar-refractivity contribution in [2.45, 2.75) is 31.9 Å². The fourth-order valence-corrected chi connectivity index (χ4v) is 2.64. The van der Waals surface area contributed by atoms with Crippen molar-refractivity contribution < 1.29 is 9.18 Å². The second-order valence-electron chi connectivity index (χ2n) is 5.09. The molecule has 1 amide bonds. The smallest absolute Gasteiger partial charge is 0.225 e. The van der Waals surface area contributed by atoms with E-state index in [0.717, 1.165) is 39.0 Å². The summed E-state index contributed by atoms with van der Waals surface area (Å²) in [7, 11) is 2.07. The van der Waals surface area contributed by atoms with Crippen molar-refractivity contribution in [1.29, 1.82) is 0 Å². The second kappa shape index (κ2) is 5.13. The first-order valence-corrected chi connectivity index (χ1v) is 6.28. The maximum Gasteiger partial charge on any atom is 0.225 e. The number of carbonyl (C=O) groups is 1. The van der Waals surface area contributed by atoms with Gasteiger partial charge in [0, 0.05) is 32.1 Å². The van der Waals surface area contributed by atoms with Gasteiger partial charge in [-0.3, -0.25) is 4.79 Å². The molecular weight excluding hydrogens is 207 g/mol. The summed E-state index contributed by atoms with van der Waals surface area (Å²) in [5.41, 5.74) is 0. The average molecular weight is 228 g/mol. The van der Waals surface area contributed by atoms with Crippen LogP contribution in [-0.4, -0.2) is 55.1 Å². The molecule has 92 valence electrons. The lowest BCUT2D eigenvalue weighted by molar-refractivity contribution is -0.138. The standard InChI is InChI=1S/C12H21FN2O/c1-14-5-7-15(8-6-14)12(16)10-3-2-4-11(13)9-10/h10-11H,2-9H2,1H3/t10-,11-/m1/s1. The van der Waals surface area contributed by atoms with E-state index >= 15 is 0 Å². The third-order valence-electron chi connectivity index (χ3n) is 3.77. The van der Waals surface area contributed by atoms with Gasteiger partial charge in [-0.2, -0.15) is 0 Å². The lowest BCUT2D eigenvalue weighted by Crippen LogP contribution is -2.49. The van der Waals surface area contributed by atoms with Crippen LogP contribution in [0.1, 0.15) is 25.7 Å². The number of halogens is 1. The van der Waals surface area contributed by atoms with E-state index in [9.17, 15) is 9.18 Å². The highest BCUT2D eigenvalue weighted by Crippen LogP contribution is 2.28. The van der Waals surface area contributed by atoms with Crippen LogP contribution in [0.25, 0.3) is 0 Å². The molecule has 2 aliphatic rings. The average Bonchev–Trinajstić information content (AvgIpc) is 2.29. The summed E-state index contributed by atoms with van der Waals surface area (Å²) in [5, 5.41) is 0. The highest BCUT2D eigenvalue weighted by molar-refractivity contribution is 5.79. The van der Waals surface area contributed by atoms with Crippen LogP contribution in [0.3, 0.4) is 0 Å². The lowest BCUT2D eigenvalue weighted by Gasteiger charge is -2.36. The zero-order chi connectivity index (χ0) is 11.5. The SMILES string of the molecule is CN1CCN(C(=O)[C@@H]2CCC[C@@H](F)C2)CC1. The van der Waals surface area contributed by atoms with E-state index in [1.54, 1.807) is 0 Å². The number of carbonyl (C=O) groups excluding carboxylic acids is 1. The van der Waals surface area contributed by atoms with Gasteiger partial charge in [0.25, 0.3) is 0 Å². The predicted molar refractivity (Wildman–Crippen MR) is 60.9 cm³/mol. The van der Waals surface area contributed by atoms with Crippen molar-refractivity contribution in [3.05, 3.63) is 0 Å². The minimum atomic E-state index is -0.754. The molecule has 0 unspecified atom stereocenters. The van der Waals surface area contributed by atoms with E-state index in [4.69, 9.17) is 0 Å². The minimum absolute atomic E-state index is 0.0489. The Balaban J connectivity index is 1.86. The molecule has 0 aromatic carbocycles. The number of rotatable bonds is 1. The Morgan fingerprint density at radius 3 is 2.50 bits per heavy atom. The van der Waals surface area contributed by atoms with E-state index in [0.29, 0.717) is 12.8 Å². The highest BCUT2D eigenvalue weighted by atomic mass is 19.1. The van der Waals surface area contributed by atoms with Gasteiger partial charge < -0.3 is 9.80 Å².